The first-order chi connectivity index (χ1) is 29.3. The Bertz CT molecular complexity index is 2270. The molecule has 4 amide bonds. The third-order valence-electron chi connectivity index (χ3n) is 11.0. The van der Waals surface area contributed by atoms with Crippen LogP contribution in [0.4, 0.5) is 9.59 Å². The first-order valence-corrected chi connectivity index (χ1v) is 21.5. The largest absolute Gasteiger partial charge is 0.453 e. The molecule has 60 heavy (non-hydrogen) atoms. The van der Waals surface area contributed by atoms with E-state index in [-0.39, 0.29) is 23.9 Å². The minimum atomic E-state index is -0.863. The summed E-state index contributed by atoms with van der Waals surface area (Å²) in [6, 6.07) is 33.1. The van der Waals surface area contributed by atoms with Gasteiger partial charge in [0.25, 0.3) is 11.8 Å². The van der Waals surface area contributed by atoms with E-state index in [4.69, 9.17) is 19.4 Å². The van der Waals surface area contributed by atoms with Gasteiger partial charge in [-0.05, 0) is 59.1 Å². The van der Waals surface area contributed by atoms with Gasteiger partial charge in [0.1, 0.15) is 22.1 Å². The van der Waals surface area contributed by atoms with Crippen molar-refractivity contribution < 1.29 is 28.7 Å². The average Bonchev–Trinajstić information content (AvgIpc) is 4.15. The van der Waals surface area contributed by atoms with E-state index in [9.17, 15) is 19.2 Å². The summed E-state index contributed by atoms with van der Waals surface area (Å²) in [7, 11) is 2.57. The highest BCUT2D eigenvalue weighted by molar-refractivity contribution is 7.15. The van der Waals surface area contributed by atoms with Gasteiger partial charge < -0.3 is 29.9 Å². The fourth-order valence-corrected chi connectivity index (χ4v) is 10.1. The minimum absolute atomic E-state index is 0.184. The van der Waals surface area contributed by atoms with Gasteiger partial charge in [-0.2, -0.15) is 0 Å². The Kier molecular flexibility index (Phi) is 12.3. The van der Waals surface area contributed by atoms with Gasteiger partial charge in [0.2, 0.25) is 0 Å². The van der Waals surface area contributed by atoms with Gasteiger partial charge in [-0.1, -0.05) is 109 Å². The van der Waals surface area contributed by atoms with Crippen LogP contribution in [0.5, 0.6) is 0 Å². The number of nitrogens with one attached hydrogen (secondary N) is 2. The molecular formula is C46H44N6O6S2. The molecule has 2 fully saturated rings. The lowest BCUT2D eigenvalue weighted by Gasteiger charge is -2.28. The highest BCUT2D eigenvalue weighted by atomic mass is 32.1. The maximum atomic E-state index is 13.9. The topological polar surface area (TPSA) is 143 Å². The molecule has 0 radical (unpaired) electrons. The fraction of sp³-hybridized carbons (Fsp3) is 0.261. The molecule has 4 heterocycles. The van der Waals surface area contributed by atoms with Crippen LogP contribution in [0.2, 0.25) is 0 Å². The van der Waals surface area contributed by atoms with Crippen molar-refractivity contribution in [3.63, 3.8) is 0 Å². The number of carbonyl (C=O) groups is 4. The van der Waals surface area contributed by atoms with Gasteiger partial charge in [0.05, 0.1) is 36.1 Å². The quantitative estimate of drug-likeness (QED) is 0.132. The van der Waals surface area contributed by atoms with Crippen LogP contribution in [0.15, 0.2) is 122 Å². The van der Waals surface area contributed by atoms with Crippen molar-refractivity contribution in [1.29, 1.82) is 0 Å². The molecule has 0 unspecified atom stereocenters. The number of hydrogen-bond donors (Lipinski definition) is 2. The Labute approximate surface area is 356 Å². The van der Waals surface area contributed by atoms with Crippen LogP contribution >= 0.6 is 22.7 Å². The normalized spacial score (nSPS) is 17.2. The second kappa shape index (κ2) is 18.3. The molecule has 0 aliphatic carbocycles. The molecule has 6 aromatic rings. The average molecular weight is 841 g/mol. The summed E-state index contributed by atoms with van der Waals surface area (Å²) in [6.07, 6.45) is 5.69. The summed E-state index contributed by atoms with van der Waals surface area (Å²) in [4.78, 5) is 67.5. The predicted molar refractivity (Wildman–Crippen MR) is 231 cm³/mol. The van der Waals surface area contributed by atoms with E-state index in [0.717, 1.165) is 67.7 Å². The molecule has 0 bridgehead atoms. The van der Waals surface area contributed by atoms with E-state index in [2.05, 4.69) is 59.2 Å². The number of alkyl carbamates (subject to hydrolysis) is 2. The lowest BCUT2D eigenvalue weighted by Crippen LogP contribution is -2.42. The zero-order chi connectivity index (χ0) is 41.6. The SMILES string of the molecule is COC(=O)N[C@@H](C(=O)N1CCC[C@H]1c1ncc(-c2ccc(-c3ccc(-c4cnc([C@@H]5CCCN5C(=O)[C@H](NC(=O)OC)c5ccccc5)s4)cc3)cc2)s1)c1ccccc1. The number of amides is 4. The first-order valence-electron chi connectivity index (χ1n) is 19.8. The maximum Gasteiger partial charge on any atom is 0.407 e. The Hall–Kier alpha value is -6.38. The van der Waals surface area contributed by atoms with Gasteiger partial charge in [-0.15, -0.1) is 22.7 Å². The molecule has 2 aliphatic rings. The number of hydrogen-bond acceptors (Lipinski definition) is 10. The van der Waals surface area contributed by atoms with Crippen molar-refractivity contribution in [3.05, 3.63) is 143 Å². The zero-order valence-corrected chi connectivity index (χ0v) is 34.8. The number of ether oxygens (including phenoxy) is 2. The Morgan fingerprint density at radius 1 is 0.567 bits per heavy atom. The van der Waals surface area contributed by atoms with Crippen molar-refractivity contribution >= 4 is 46.7 Å². The number of carbonyl (C=O) groups excluding carboxylic acids is 4. The number of likely N-dealkylation sites (tertiary alicyclic amines) is 2. The lowest BCUT2D eigenvalue weighted by atomic mass is 10.0. The summed E-state index contributed by atoms with van der Waals surface area (Å²) < 4.78 is 9.67. The highest BCUT2D eigenvalue weighted by Crippen LogP contribution is 2.41. The summed E-state index contributed by atoms with van der Waals surface area (Å²) >= 11 is 3.16. The van der Waals surface area contributed by atoms with Crippen molar-refractivity contribution in [2.45, 2.75) is 49.9 Å². The van der Waals surface area contributed by atoms with E-state index in [1.165, 1.54) is 14.2 Å². The van der Waals surface area contributed by atoms with Gasteiger partial charge in [-0.3, -0.25) is 9.59 Å². The second-order valence-electron chi connectivity index (χ2n) is 14.6. The van der Waals surface area contributed by atoms with Gasteiger partial charge in [-0.25, -0.2) is 19.6 Å². The molecule has 4 atom stereocenters. The number of nitrogens with zero attached hydrogens (tertiary/aromatic N) is 4. The van der Waals surface area contributed by atoms with Crippen LogP contribution in [-0.4, -0.2) is 71.1 Å². The maximum absolute atomic E-state index is 13.9. The van der Waals surface area contributed by atoms with E-state index in [1.807, 2.05) is 82.9 Å². The Morgan fingerprint density at radius 2 is 0.933 bits per heavy atom. The van der Waals surface area contributed by atoms with Gasteiger partial charge in [0, 0.05) is 25.5 Å². The van der Waals surface area contributed by atoms with Gasteiger partial charge >= 0.3 is 12.2 Å². The van der Waals surface area contributed by atoms with Crippen LogP contribution in [0, 0.1) is 0 Å². The first kappa shape index (κ1) is 40.4. The number of methoxy groups -OCH3 is 2. The van der Waals surface area contributed by atoms with Crippen molar-refractivity contribution in [2.24, 2.45) is 0 Å². The fourth-order valence-electron chi connectivity index (χ4n) is 7.93. The number of thiazole rings is 2. The third kappa shape index (κ3) is 8.66. The van der Waals surface area contributed by atoms with Gasteiger partial charge in [0.15, 0.2) is 0 Å². The molecule has 12 nitrogen and oxygen atoms in total. The molecule has 2 aliphatic heterocycles. The van der Waals surface area contributed by atoms with E-state index < -0.39 is 24.3 Å². The number of benzene rings is 4. The Balaban J connectivity index is 0.928. The smallest absolute Gasteiger partial charge is 0.407 e. The molecule has 8 rings (SSSR count). The Morgan fingerprint density at radius 3 is 1.30 bits per heavy atom. The molecule has 0 spiro atoms. The second-order valence-corrected chi connectivity index (χ2v) is 16.7. The molecule has 0 saturated carbocycles. The van der Waals surface area contributed by atoms with Crippen LogP contribution in [0.1, 0.15) is 71.0 Å². The van der Waals surface area contributed by atoms with E-state index >= 15 is 0 Å². The number of rotatable bonds is 11. The lowest BCUT2D eigenvalue weighted by molar-refractivity contribution is -0.135. The van der Waals surface area contributed by atoms with Crippen LogP contribution in [-0.2, 0) is 19.1 Å². The monoisotopic (exact) mass is 840 g/mol. The van der Waals surface area contributed by atoms with E-state index in [1.54, 1.807) is 22.7 Å². The summed E-state index contributed by atoms with van der Waals surface area (Å²) in [6.45, 7) is 1.16. The number of aromatic nitrogens is 2. The molecule has 4 aromatic carbocycles. The highest BCUT2D eigenvalue weighted by Gasteiger charge is 2.38. The summed E-state index contributed by atoms with van der Waals surface area (Å²) in [5.74, 6) is -0.374. The minimum Gasteiger partial charge on any atom is -0.453 e. The van der Waals surface area contributed by atoms with Crippen LogP contribution in [0.25, 0.3) is 32.0 Å². The molecule has 306 valence electrons. The third-order valence-corrected chi connectivity index (χ3v) is 13.3. The standard InChI is InChI=1S/C46H44N6O6S2/c1-57-45(55)49-39(33-11-5-3-6-12-33)43(53)51-25-9-15-35(51)41-47-27-37(59-41)31-21-17-29(18-22-31)30-19-23-32(24-20-30)38-28-48-42(60-38)36-16-10-26-52(36)44(54)40(50-46(56)58-2)34-13-7-4-8-14-34/h3-8,11-14,17-24,27-28,35-36,39-40H,9-10,15-16,25-26H2,1-2H3,(H,49,55)(H,50,56)/t35-,36-,39+,40+/m0/s1. The zero-order valence-electron chi connectivity index (χ0n) is 33.2. The molecule has 2 saturated heterocycles. The molecule has 2 N–H and O–H groups in total. The van der Waals surface area contributed by atoms with E-state index in [0.29, 0.717) is 24.2 Å². The predicted octanol–water partition coefficient (Wildman–Crippen LogP) is 9.12. The van der Waals surface area contributed by atoms with Crippen molar-refractivity contribution in [1.82, 2.24) is 30.4 Å². The van der Waals surface area contributed by atoms with Crippen LogP contribution in [0.3, 0.4) is 0 Å². The summed E-state index contributed by atoms with van der Waals surface area (Å²) in [5.41, 5.74) is 5.61. The van der Waals surface area contributed by atoms with Crippen molar-refractivity contribution in [2.75, 3.05) is 27.3 Å². The summed E-state index contributed by atoms with van der Waals surface area (Å²) in [5, 5.41) is 7.18. The molecule has 14 heteroatoms. The molecular weight excluding hydrogens is 797 g/mol. The van der Waals surface area contributed by atoms with Crippen molar-refractivity contribution in [3.8, 4) is 32.0 Å². The molecule has 2 aromatic heterocycles. The van der Waals surface area contributed by atoms with Crippen LogP contribution < -0.4 is 10.6 Å².